The first-order valence-electron chi connectivity index (χ1n) is 41.4. The summed E-state index contributed by atoms with van der Waals surface area (Å²) in [5, 5.41) is 34.9. The number of hydrogen-bond donors (Lipinski definition) is 9. The van der Waals surface area contributed by atoms with Crippen molar-refractivity contribution in [2.24, 2.45) is 5.92 Å². The first kappa shape index (κ1) is 102. The largest absolute Gasteiger partial charge is 0.481 e. The molecule has 0 aliphatic carbocycles. The first-order chi connectivity index (χ1) is 56.6. The van der Waals surface area contributed by atoms with Crippen LogP contribution in [-0.2, 0) is 78.0 Å². The third kappa shape index (κ3) is 39.9. The Morgan fingerprint density at radius 2 is 1.15 bits per heavy atom. The number of rotatable bonds is 49. The number of Topliss-reactive ketones (excluding diaryl/α,β-unsaturated/α-hetero) is 2. The minimum atomic E-state index is -3.93. The van der Waals surface area contributed by atoms with Crippen molar-refractivity contribution in [3.05, 3.63) is 81.7 Å². The minimum absolute atomic E-state index is 0.000317. The fraction of sp³-hybridized carbons (Fsp3) is 0.614. The van der Waals surface area contributed by atoms with E-state index in [0.717, 1.165) is 77.2 Å². The van der Waals surface area contributed by atoms with Gasteiger partial charge in [0, 0.05) is 105 Å². The molecule has 5 amide bonds. The fourth-order valence-corrected chi connectivity index (χ4v) is 16.2. The van der Waals surface area contributed by atoms with E-state index in [2.05, 4.69) is 74.5 Å². The summed E-state index contributed by atoms with van der Waals surface area (Å²) in [6.07, 6.45) is 10.3. The zero-order chi connectivity index (χ0) is 86.8. The summed E-state index contributed by atoms with van der Waals surface area (Å²) in [6.45, 7) is 18.3. The number of esters is 1. The number of quaternary nitrogens is 1. The monoisotopic (exact) mass is 1770 g/mol. The number of sulfonamides is 1. The smallest absolute Gasteiger partial charge is 0.373 e. The molecule has 4 unspecified atom stereocenters. The third-order valence-corrected chi connectivity index (χ3v) is 24.0. The van der Waals surface area contributed by atoms with E-state index in [9.17, 15) is 66.3 Å². The molecule has 118 heavy (non-hydrogen) atoms. The molecule has 35 heteroatoms. The van der Waals surface area contributed by atoms with Gasteiger partial charge >= 0.3 is 225 Å². The van der Waals surface area contributed by atoms with E-state index in [-0.39, 0.29) is 137 Å². The van der Waals surface area contributed by atoms with E-state index in [1.54, 1.807) is 26.1 Å². The number of unbranched alkanes of at least 4 members (excludes halogenated alkanes) is 10. The number of urea groups is 1. The topological polar surface area (TPSA) is 449 Å². The summed E-state index contributed by atoms with van der Waals surface area (Å²) in [4.78, 5) is 166. The Labute approximate surface area is 706 Å². The molecule has 2 fully saturated rings. The van der Waals surface area contributed by atoms with Crippen LogP contribution in [0, 0.1) is 12.8 Å². The van der Waals surface area contributed by atoms with E-state index >= 15 is 0 Å². The molecule has 1 radical (unpaired) electrons. The molecule has 3 aliphatic rings. The van der Waals surface area contributed by atoms with Crippen molar-refractivity contribution < 1.29 is 102 Å². The van der Waals surface area contributed by atoms with E-state index in [1.807, 2.05) is 56.9 Å². The molecule has 6 rings (SSSR count). The van der Waals surface area contributed by atoms with Crippen LogP contribution in [-0.4, -0.2) is 277 Å². The summed E-state index contributed by atoms with van der Waals surface area (Å²) in [5.74, 6) is -3.88. The number of anilines is 1. The van der Waals surface area contributed by atoms with Gasteiger partial charge < -0.3 is 46.9 Å². The molecule has 3 aromatic rings. The van der Waals surface area contributed by atoms with E-state index < -0.39 is 75.6 Å². The number of nitrogens with zero attached hydrogens (tertiary/aromatic N) is 5. The summed E-state index contributed by atoms with van der Waals surface area (Å²) >= 11 is -2.39. The van der Waals surface area contributed by atoms with Crippen molar-refractivity contribution in [3.8, 4) is 11.5 Å². The summed E-state index contributed by atoms with van der Waals surface area (Å²) in [7, 11) is -0.872. The second-order valence-electron chi connectivity index (χ2n) is 29.6. The molecular weight excluding hydrogens is 1650 g/mol. The number of ketones is 2. The maximum atomic E-state index is 14.1. The quantitative estimate of drug-likeness (QED) is 0.0224. The number of carbonyl (C=O) groups is 11. The van der Waals surface area contributed by atoms with Crippen LogP contribution in [0.25, 0.3) is 12.2 Å². The number of hydrogen-bond acceptors (Lipinski definition) is 24. The number of carboxylic acids is 2. The van der Waals surface area contributed by atoms with Crippen molar-refractivity contribution in [1.82, 2.24) is 50.9 Å². The minimum Gasteiger partial charge on any atom is -0.481 e. The van der Waals surface area contributed by atoms with Gasteiger partial charge in [-0.3, -0.25) is 28.8 Å². The number of ether oxygens (including phenoxy) is 2. The molecule has 2 bridgehead atoms. The maximum absolute atomic E-state index is 14.1. The number of carboxylic acid groups (broad SMARTS) is 2. The Morgan fingerprint density at radius 3 is 1.78 bits per heavy atom. The van der Waals surface area contributed by atoms with Gasteiger partial charge in [-0.05, 0) is 151 Å². The molecule has 0 saturated carbocycles. The number of amides is 5. The standard InChI is InChI=1S/C81H123N11O19S.CH5N.CO2.In/c1-7-92(8-2)62-32-35-67-71(53-62)111-70-50-58(3)30-34-66(70)79(67)65-36-33-64(51-59(65)4)112(108,109)85-41-22-12-18-29-73(96)87-68(26-19-23-39-83-74(97)54-88-42-44-89(55-76(100)101)45-46-90(56-77(102)103)47-49-91(48-43-88)57-78(104)110-6)69(94)27-16-11-14-24-61(80(105)106)52-63(93)25-15-9-10-17-28-72(95)82-38-20-13-21-40-84-81(107)86-60(5)31-37-75(98)99;1-2;2-1-3;/h30,32-36,50-51,53,60-61,68,85H,3,7-29,31,37-49,52,54-57H2,1-2,4-6H3,(H,82,95)(H,83,97)(H,87,96)(H,98,99)(H,100,101)(H,102,103)(H,105,106)(H2,84,86,107);2H2,1H3;;/q;;;+2/p-1/t60-,61?,68?;;;/m1.../s1. The zero-order valence-corrected chi connectivity index (χ0v) is 74.0. The van der Waals surface area contributed by atoms with Gasteiger partial charge in [-0.1, -0.05) is 56.9 Å². The number of fused-ring (bicyclic) bond motifs is 5. The van der Waals surface area contributed by atoms with Crippen LogP contribution >= 0.6 is 0 Å². The van der Waals surface area contributed by atoms with Crippen molar-refractivity contribution >= 4 is 123 Å². The van der Waals surface area contributed by atoms with Gasteiger partial charge in [0.2, 0.25) is 21.8 Å². The Hall–Kier alpha value is -8.67. The van der Waals surface area contributed by atoms with Gasteiger partial charge in [-0.2, -0.15) is 9.59 Å². The van der Waals surface area contributed by atoms with Gasteiger partial charge in [0.25, 0.3) is 0 Å². The molecule has 11 N–H and O–H groups in total. The number of aliphatic carboxylic acids is 2. The molecule has 0 aromatic heterocycles. The number of benzene rings is 3. The molecule has 33 nitrogen and oxygen atoms in total. The molecule has 653 valence electrons. The van der Waals surface area contributed by atoms with Gasteiger partial charge in [0.1, 0.15) is 17.3 Å². The summed E-state index contributed by atoms with van der Waals surface area (Å²) in [5.41, 5.74) is 7.71. The molecule has 3 aliphatic heterocycles. The van der Waals surface area contributed by atoms with Crippen molar-refractivity contribution in [3.63, 3.8) is 0 Å². The van der Waals surface area contributed by atoms with Crippen LogP contribution < -0.4 is 57.1 Å². The van der Waals surface area contributed by atoms with Crippen LogP contribution in [0.3, 0.4) is 0 Å². The van der Waals surface area contributed by atoms with Gasteiger partial charge in [0.15, 0.2) is 5.78 Å². The van der Waals surface area contributed by atoms with E-state index in [1.165, 1.54) is 7.11 Å². The number of carbonyl (C=O) groups excluding carboxylic acids is 11. The van der Waals surface area contributed by atoms with E-state index in [4.69, 9.17) is 29.9 Å². The van der Waals surface area contributed by atoms with Gasteiger partial charge in [0.05, 0.1) is 23.9 Å². The van der Waals surface area contributed by atoms with E-state index in [0.29, 0.717) is 160 Å². The number of nitrogens with one attached hydrogen (secondary N) is 6. The predicted molar refractivity (Wildman–Crippen MR) is 442 cm³/mol. The summed E-state index contributed by atoms with van der Waals surface area (Å²) < 4.78 is 52.4. The Bertz CT molecular complexity index is 4000. The Kier molecular flexibility index (Phi) is 49.5. The van der Waals surface area contributed by atoms with Crippen LogP contribution in [0.4, 0.5) is 10.5 Å². The SMILES string of the molecule is C=c1ccc2c(c1)Oc1cc(N(CC)CC)ccc1C=2c1ccc(S(=O)(=O)NCCCCCC(=O)NC(CCCCNC(=O)CN2CCN(CC(=O)OC)CCN3CCN(CC2)CC(=O)[O][In][O]C(=O)C3)C(=O)CCCCCC(CC(=O)CCCCCCC(=O)NCCCCCNC(=O)N[C@H](C)CCC(=O)O)C(=O)O)cc1C.C[NH3+].O=C=O. The second kappa shape index (κ2) is 57.5. The van der Waals surface area contributed by atoms with Crippen molar-refractivity contribution in [1.29, 1.82) is 0 Å². The molecular formula is C83H127InN12O21S+. The number of methoxy groups -OCH3 is 1. The van der Waals surface area contributed by atoms with Crippen LogP contribution in [0.5, 0.6) is 11.5 Å². The Balaban J connectivity index is 0.00000572. The van der Waals surface area contributed by atoms with Gasteiger partial charge in [-0.25, -0.2) is 17.9 Å². The zero-order valence-electron chi connectivity index (χ0n) is 69.9. The van der Waals surface area contributed by atoms with Crippen LogP contribution in [0.1, 0.15) is 192 Å². The predicted octanol–water partition coefficient (Wildman–Crippen LogP) is 3.88. The number of aryl methyl sites for hydroxylation is 1. The molecule has 2 saturated heterocycles. The van der Waals surface area contributed by atoms with Crippen molar-refractivity contribution in [2.45, 2.75) is 199 Å². The molecule has 0 spiro atoms. The van der Waals surface area contributed by atoms with Crippen molar-refractivity contribution in [2.75, 3.05) is 137 Å². The maximum Gasteiger partial charge on any atom is 0.373 e. The Morgan fingerprint density at radius 1 is 0.610 bits per heavy atom. The summed E-state index contributed by atoms with van der Waals surface area (Å²) in [6, 6.07) is 15.6. The first-order valence-corrected chi connectivity index (χ1v) is 45.6. The second-order valence-corrected chi connectivity index (χ2v) is 33.2. The van der Waals surface area contributed by atoms with Crippen LogP contribution in [0.15, 0.2) is 59.5 Å². The average Bonchev–Trinajstić information content (AvgIpc) is 0.749. The van der Waals surface area contributed by atoms with Gasteiger partial charge in [-0.15, -0.1) is 0 Å². The third-order valence-electron chi connectivity index (χ3n) is 20.5. The molecule has 5 atom stereocenters. The molecule has 3 heterocycles. The average molecular weight is 1780 g/mol. The van der Waals surface area contributed by atoms with Crippen LogP contribution in [0.2, 0.25) is 0 Å². The normalized spacial score (nSPS) is 15.8. The molecule has 3 aromatic carbocycles. The fourth-order valence-electron chi connectivity index (χ4n) is 13.9.